The van der Waals surface area contributed by atoms with Gasteiger partial charge in [-0.2, -0.15) is 10.1 Å². The maximum Gasteiger partial charge on any atom is 0.229 e. The number of aryl methyl sites for hydroxylation is 1. The van der Waals surface area contributed by atoms with Crippen molar-refractivity contribution < 1.29 is 4.74 Å². The van der Waals surface area contributed by atoms with Gasteiger partial charge in [-0.1, -0.05) is 29.8 Å². The van der Waals surface area contributed by atoms with Crippen molar-refractivity contribution in [3.63, 3.8) is 0 Å². The van der Waals surface area contributed by atoms with E-state index in [1.165, 1.54) is 0 Å². The average Bonchev–Trinajstić information content (AvgIpc) is 3.45. The molecule has 33 heavy (non-hydrogen) atoms. The van der Waals surface area contributed by atoms with Gasteiger partial charge in [0.1, 0.15) is 29.4 Å². The van der Waals surface area contributed by atoms with E-state index in [4.69, 9.17) is 26.3 Å². The summed E-state index contributed by atoms with van der Waals surface area (Å²) in [5.41, 5.74) is 4.85. The Morgan fingerprint density at radius 1 is 1.15 bits per heavy atom. The zero-order chi connectivity index (χ0) is 22.9. The highest BCUT2D eigenvalue weighted by molar-refractivity contribution is 6.31. The number of aromatic nitrogens is 5. The second-order valence-electron chi connectivity index (χ2n) is 7.87. The monoisotopic (exact) mass is 461 g/mol. The number of halogens is 1. The quantitative estimate of drug-likeness (QED) is 0.422. The smallest absolute Gasteiger partial charge is 0.229 e. The second kappa shape index (κ2) is 8.71. The zero-order valence-corrected chi connectivity index (χ0v) is 19.4. The van der Waals surface area contributed by atoms with E-state index < -0.39 is 0 Å². The molecule has 8 nitrogen and oxygen atoms in total. The molecule has 2 N–H and O–H groups in total. The fourth-order valence-corrected chi connectivity index (χ4v) is 4.59. The molecule has 2 aromatic heterocycles. The highest BCUT2D eigenvalue weighted by Gasteiger charge is 2.30. The maximum atomic E-state index is 6.51. The van der Waals surface area contributed by atoms with Crippen LogP contribution in [0.2, 0.25) is 5.02 Å². The van der Waals surface area contributed by atoms with E-state index in [-0.39, 0.29) is 5.92 Å². The number of nitrogens with one attached hydrogen (secondary N) is 2. The van der Waals surface area contributed by atoms with Gasteiger partial charge in [0.2, 0.25) is 5.95 Å². The molecule has 2 aromatic carbocycles. The Hall–Kier alpha value is -3.65. The van der Waals surface area contributed by atoms with E-state index in [9.17, 15) is 0 Å². The molecule has 0 saturated heterocycles. The number of anilines is 3. The van der Waals surface area contributed by atoms with Gasteiger partial charge in [-0.25, -0.2) is 14.6 Å². The molecule has 0 spiro atoms. The summed E-state index contributed by atoms with van der Waals surface area (Å²) in [6.07, 6.45) is 3.52. The standard InChI is InChI=1S/C24H24ClN7O/c1-14-27-13-32(31-14)20-11-8-15(12-21(20)33-3)28-24-29-22-17(16-6-4-5-7-19(16)25)9-10-18(22)23(26-2)30-24/h4-8,11-13,17H,9-10H2,1-3H3,(H2,26,28,29,30). The number of benzene rings is 2. The number of hydrogen-bond acceptors (Lipinski definition) is 7. The molecule has 1 unspecified atom stereocenters. The fraction of sp³-hybridized carbons (Fsp3) is 0.250. The lowest BCUT2D eigenvalue weighted by molar-refractivity contribution is 0.412. The molecule has 5 rings (SSSR count). The summed E-state index contributed by atoms with van der Waals surface area (Å²) in [7, 11) is 3.51. The van der Waals surface area contributed by atoms with Gasteiger partial charge < -0.3 is 15.4 Å². The average molecular weight is 462 g/mol. The van der Waals surface area contributed by atoms with Gasteiger partial charge in [0.15, 0.2) is 0 Å². The number of ether oxygens (including phenoxy) is 1. The molecule has 9 heteroatoms. The van der Waals surface area contributed by atoms with Crippen LogP contribution in [-0.2, 0) is 6.42 Å². The molecule has 0 aliphatic heterocycles. The zero-order valence-electron chi connectivity index (χ0n) is 18.6. The van der Waals surface area contributed by atoms with Gasteiger partial charge in [0.25, 0.3) is 0 Å². The van der Waals surface area contributed by atoms with Crippen molar-refractivity contribution in [3.05, 3.63) is 76.5 Å². The van der Waals surface area contributed by atoms with Crippen LogP contribution in [-0.4, -0.2) is 38.9 Å². The molecule has 0 saturated carbocycles. The summed E-state index contributed by atoms with van der Waals surface area (Å²) in [6, 6.07) is 13.7. The summed E-state index contributed by atoms with van der Waals surface area (Å²) in [5, 5.41) is 11.7. The largest absolute Gasteiger partial charge is 0.494 e. The molecule has 1 aliphatic carbocycles. The minimum absolute atomic E-state index is 0.136. The van der Waals surface area contributed by atoms with E-state index in [0.29, 0.717) is 17.5 Å². The highest BCUT2D eigenvalue weighted by atomic mass is 35.5. The van der Waals surface area contributed by atoms with E-state index in [1.54, 1.807) is 18.1 Å². The van der Waals surface area contributed by atoms with Crippen molar-refractivity contribution in [1.29, 1.82) is 0 Å². The minimum atomic E-state index is 0.136. The van der Waals surface area contributed by atoms with Crippen LogP contribution in [0.25, 0.3) is 5.69 Å². The third-order valence-electron chi connectivity index (χ3n) is 5.86. The first-order chi connectivity index (χ1) is 16.1. The molecule has 0 amide bonds. The van der Waals surface area contributed by atoms with Crippen LogP contribution in [0.1, 0.15) is 35.0 Å². The topological polar surface area (TPSA) is 89.8 Å². The molecular formula is C24H24ClN7O. The van der Waals surface area contributed by atoms with Gasteiger partial charge >= 0.3 is 0 Å². The summed E-state index contributed by atoms with van der Waals surface area (Å²) in [4.78, 5) is 13.8. The highest BCUT2D eigenvalue weighted by Crippen LogP contribution is 2.42. The first-order valence-electron chi connectivity index (χ1n) is 10.7. The Kier molecular flexibility index (Phi) is 5.60. The van der Waals surface area contributed by atoms with Crippen molar-refractivity contribution in [2.75, 3.05) is 24.8 Å². The Balaban J connectivity index is 1.50. The van der Waals surface area contributed by atoms with Gasteiger partial charge in [-0.3, -0.25) is 0 Å². The predicted octanol–water partition coefficient (Wildman–Crippen LogP) is 4.89. The predicted molar refractivity (Wildman–Crippen MR) is 129 cm³/mol. The summed E-state index contributed by atoms with van der Waals surface area (Å²) in [5.74, 6) is 2.84. The minimum Gasteiger partial charge on any atom is -0.494 e. The first-order valence-corrected chi connectivity index (χ1v) is 11.1. The van der Waals surface area contributed by atoms with E-state index in [0.717, 1.165) is 51.9 Å². The molecule has 168 valence electrons. The van der Waals surface area contributed by atoms with E-state index in [2.05, 4.69) is 26.8 Å². The van der Waals surface area contributed by atoms with E-state index in [1.807, 2.05) is 50.4 Å². The summed E-state index contributed by atoms with van der Waals surface area (Å²) in [6.45, 7) is 1.85. The van der Waals surface area contributed by atoms with Gasteiger partial charge in [-0.15, -0.1) is 0 Å². The Morgan fingerprint density at radius 3 is 2.73 bits per heavy atom. The molecule has 1 atom stereocenters. The Morgan fingerprint density at radius 2 is 2.00 bits per heavy atom. The number of nitrogens with zero attached hydrogens (tertiary/aromatic N) is 5. The van der Waals surface area contributed by atoms with Crippen LogP contribution in [0.4, 0.5) is 17.5 Å². The number of rotatable bonds is 6. The van der Waals surface area contributed by atoms with Gasteiger partial charge in [0, 0.05) is 35.3 Å². The van der Waals surface area contributed by atoms with Crippen molar-refractivity contribution in [3.8, 4) is 11.4 Å². The number of methoxy groups -OCH3 is 1. The molecule has 4 aromatic rings. The Labute approximate surface area is 197 Å². The van der Waals surface area contributed by atoms with Crippen molar-refractivity contribution in [1.82, 2.24) is 24.7 Å². The molecule has 0 fully saturated rings. The summed E-state index contributed by atoms with van der Waals surface area (Å²) >= 11 is 6.51. The van der Waals surface area contributed by atoms with Crippen LogP contribution < -0.4 is 15.4 Å². The number of fused-ring (bicyclic) bond motifs is 1. The van der Waals surface area contributed by atoms with Crippen LogP contribution in [0.15, 0.2) is 48.8 Å². The fourth-order valence-electron chi connectivity index (χ4n) is 4.32. The molecule has 0 radical (unpaired) electrons. The SMILES string of the molecule is CNc1nc(Nc2ccc(-n3cnc(C)n3)c(OC)c2)nc2c1CCC2c1ccccc1Cl. The third kappa shape index (κ3) is 3.98. The lowest BCUT2D eigenvalue weighted by Crippen LogP contribution is -2.08. The lowest BCUT2D eigenvalue weighted by atomic mass is 9.96. The maximum absolute atomic E-state index is 6.51. The van der Waals surface area contributed by atoms with Crippen LogP contribution >= 0.6 is 11.6 Å². The first kappa shape index (κ1) is 21.2. The van der Waals surface area contributed by atoms with Crippen LogP contribution in [0.3, 0.4) is 0 Å². The third-order valence-corrected chi connectivity index (χ3v) is 6.20. The van der Waals surface area contributed by atoms with Crippen molar-refractivity contribution >= 4 is 29.1 Å². The molecular weight excluding hydrogens is 438 g/mol. The summed E-state index contributed by atoms with van der Waals surface area (Å²) < 4.78 is 7.29. The van der Waals surface area contributed by atoms with Gasteiger partial charge in [-0.05, 0) is 43.5 Å². The van der Waals surface area contributed by atoms with Crippen molar-refractivity contribution in [2.24, 2.45) is 0 Å². The van der Waals surface area contributed by atoms with Gasteiger partial charge in [0.05, 0.1) is 12.8 Å². The Bertz CT molecular complexity index is 1320. The normalized spacial score (nSPS) is 14.7. The lowest BCUT2D eigenvalue weighted by Gasteiger charge is -2.16. The molecule has 2 heterocycles. The number of hydrogen-bond donors (Lipinski definition) is 2. The molecule has 0 bridgehead atoms. The second-order valence-corrected chi connectivity index (χ2v) is 8.28. The molecule has 1 aliphatic rings. The van der Waals surface area contributed by atoms with Crippen molar-refractivity contribution in [2.45, 2.75) is 25.7 Å². The van der Waals surface area contributed by atoms with Crippen LogP contribution in [0.5, 0.6) is 5.75 Å². The van der Waals surface area contributed by atoms with E-state index >= 15 is 0 Å². The van der Waals surface area contributed by atoms with Crippen LogP contribution in [0, 0.1) is 6.92 Å².